The lowest BCUT2D eigenvalue weighted by Gasteiger charge is -2.41. The number of phenolic OH excluding ortho intramolecular Hbond substituents is 2. The zero-order valence-electron chi connectivity index (χ0n) is 27.4. The monoisotopic (exact) mass is 742 g/mol. The number of ether oxygens (including phenoxy) is 8. The van der Waals surface area contributed by atoms with E-state index in [1.807, 2.05) is 0 Å². The van der Waals surface area contributed by atoms with Crippen molar-refractivity contribution >= 4 is 18.0 Å². The average molecular weight is 743 g/mol. The fourth-order valence-electron chi connectivity index (χ4n) is 5.65. The molecule has 5 rings (SSSR count). The normalized spacial score (nSPS) is 31.3. The molecule has 0 bridgehead atoms. The van der Waals surface area contributed by atoms with E-state index in [0.717, 1.165) is 6.07 Å². The van der Waals surface area contributed by atoms with E-state index in [-0.39, 0.29) is 45.6 Å². The van der Waals surface area contributed by atoms with Gasteiger partial charge in [0.15, 0.2) is 17.6 Å². The van der Waals surface area contributed by atoms with Crippen LogP contribution in [0.4, 0.5) is 0 Å². The van der Waals surface area contributed by atoms with Crippen molar-refractivity contribution in [2.45, 2.75) is 73.9 Å². The first kappa shape index (κ1) is 38.6. The van der Waals surface area contributed by atoms with Gasteiger partial charge in [0, 0.05) is 17.7 Å². The SMILES string of the molecule is COc1cc(C2Oc3cc(O)cc(OC4OC(CO)C(O)C(O)C4O)c3C=C2OC2OC(COC(=O)CC(=O)O)C(O)C(O)C2O)cc(OC)c1O. The Bertz CT molecular complexity index is 1620. The first-order chi connectivity index (χ1) is 24.7. The Morgan fingerprint density at radius 3 is 1.90 bits per heavy atom. The van der Waals surface area contributed by atoms with E-state index in [9.17, 15) is 55.5 Å². The van der Waals surface area contributed by atoms with Gasteiger partial charge in [-0.25, -0.2) is 0 Å². The minimum Gasteiger partial charge on any atom is -0.508 e. The van der Waals surface area contributed by atoms with Crippen LogP contribution in [0, 0.1) is 0 Å². The number of carboxylic acids is 1. The molecule has 11 atom stereocenters. The first-order valence-corrected chi connectivity index (χ1v) is 15.6. The highest BCUT2D eigenvalue weighted by Crippen LogP contribution is 2.48. The number of rotatable bonds is 12. The number of fused-ring (bicyclic) bond motifs is 1. The lowest BCUT2D eigenvalue weighted by atomic mass is 9.98. The second-order valence-corrected chi connectivity index (χ2v) is 11.9. The number of carbonyl (C=O) groups excluding carboxylic acids is 1. The molecule has 20 nitrogen and oxygen atoms in total. The largest absolute Gasteiger partial charge is 0.508 e. The lowest BCUT2D eigenvalue weighted by Crippen LogP contribution is -2.60. The zero-order valence-corrected chi connectivity index (χ0v) is 27.4. The quantitative estimate of drug-likeness (QED) is 0.0801. The second kappa shape index (κ2) is 15.9. The minimum atomic E-state index is -1.95. The van der Waals surface area contributed by atoms with Crippen molar-refractivity contribution in [2.24, 2.45) is 0 Å². The van der Waals surface area contributed by atoms with Crippen LogP contribution in [0.25, 0.3) is 6.08 Å². The Morgan fingerprint density at radius 1 is 0.750 bits per heavy atom. The fourth-order valence-corrected chi connectivity index (χ4v) is 5.65. The van der Waals surface area contributed by atoms with E-state index in [1.165, 1.54) is 38.5 Å². The molecule has 0 amide bonds. The second-order valence-electron chi connectivity index (χ2n) is 11.9. The summed E-state index contributed by atoms with van der Waals surface area (Å²) in [5.41, 5.74) is 0.192. The van der Waals surface area contributed by atoms with Crippen molar-refractivity contribution in [3.05, 3.63) is 41.2 Å². The summed E-state index contributed by atoms with van der Waals surface area (Å²) in [4.78, 5) is 22.7. The third-order valence-electron chi connectivity index (χ3n) is 8.40. The van der Waals surface area contributed by atoms with Crippen molar-refractivity contribution in [1.29, 1.82) is 0 Å². The number of esters is 1. The predicted octanol–water partition coefficient (Wildman–Crippen LogP) is -2.39. The maximum atomic E-state index is 11.8. The molecule has 0 radical (unpaired) electrons. The third-order valence-corrected chi connectivity index (χ3v) is 8.40. The average Bonchev–Trinajstić information content (AvgIpc) is 3.11. The number of methoxy groups -OCH3 is 2. The Kier molecular flexibility index (Phi) is 11.8. The smallest absolute Gasteiger partial charge is 0.317 e. The van der Waals surface area contributed by atoms with Crippen LogP contribution in [-0.4, -0.2) is 152 Å². The van der Waals surface area contributed by atoms with Crippen molar-refractivity contribution in [1.82, 2.24) is 0 Å². The van der Waals surface area contributed by atoms with E-state index in [0.29, 0.717) is 0 Å². The molecule has 52 heavy (non-hydrogen) atoms. The topological polar surface area (TPSA) is 310 Å². The number of aromatic hydroxyl groups is 2. The maximum Gasteiger partial charge on any atom is 0.317 e. The molecule has 2 saturated heterocycles. The van der Waals surface area contributed by atoms with Gasteiger partial charge in [-0.05, 0) is 18.2 Å². The third kappa shape index (κ3) is 7.89. The van der Waals surface area contributed by atoms with Crippen LogP contribution in [0.3, 0.4) is 0 Å². The van der Waals surface area contributed by atoms with Gasteiger partial charge in [-0.15, -0.1) is 0 Å². The Hall–Kier alpha value is -4.64. The van der Waals surface area contributed by atoms with Crippen molar-refractivity contribution < 1.29 is 98.5 Å². The summed E-state index contributed by atoms with van der Waals surface area (Å²) in [6, 6.07) is 4.96. The van der Waals surface area contributed by atoms with Crippen molar-refractivity contribution in [3.63, 3.8) is 0 Å². The molecule has 2 aromatic rings. The highest BCUT2D eigenvalue weighted by atomic mass is 16.7. The molecular weight excluding hydrogens is 704 g/mol. The lowest BCUT2D eigenvalue weighted by molar-refractivity contribution is -0.294. The van der Waals surface area contributed by atoms with Gasteiger partial charge in [0.1, 0.15) is 84.9 Å². The van der Waals surface area contributed by atoms with Crippen LogP contribution in [-0.2, 0) is 28.5 Å². The number of aliphatic hydroxyl groups excluding tert-OH is 7. The minimum absolute atomic E-state index is 0.00347. The van der Waals surface area contributed by atoms with Crippen LogP contribution in [0.15, 0.2) is 30.0 Å². The molecule has 0 saturated carbocycles. The highest BCUT2D eigenvalue weighted by Gasteiger charge is 2.48. The molecule has 2 fully saturated rings. The number of phenols is 2. The van der Waals surface area contributed by atoms with E-state index >= 15 is 0 Å². The van der Waals surface area contributed by atoms with Gasteiger partial charge < -0.3 is 89.0 Å². The van der Waals surface area contributed by atoms with Gasteiger partial charge in [0.2, 0.25) is 18.3 Å². The van der Waals surface area contributed by atoms with E-state index < -0.39 is 105 Å². The zero-order chi connectivity index (χ0) is 38.0. The fraction of sp³-hybridized carbons (Fsp3) is 0.500. The first-order valence-electron chi connectivity index (χ1n) is 15.6. The number of carbonyl (C=O) groups is 2. The van der Waals surface area contributed by atoms with Gasteiger partial charge in [-0.3, -0.25) is 9.59 Å². The highest BCUT2D eigenvalue weighted by molar-refractivity contribution is 5.90. The number of hydrogen-bond acceptors (Lipinski definition) is 19. The number of hydrogen-bond donors (Lipinski definition) is 10. The molecule has 3 aliphatic rings. The van der Waals surface area contributed by atoms with Gasteiger partial charge in [-0.1, -0.05) is 0 Å². The number of carboxylic acid groups (broad SMARTS) is 1. The summed E-state index contributed by atoms with van der Waals surface area (Å²) in [5.74, 6) is -4.12. The van der Waals surface area contributed by atoms with E-state index in [4.69, 9.17) is 43.0 Å². The van der Waals surface area contributed by atoms with Gasteiger partial charge in [0.25, 0.3) is 0 Å². The molecule has 2 aromatic carbocycles. The van der Waals surface area contributed by atoms with Crippen LogP contribution < -0.4 is 18.9 Å². The number of aliphatic hydroxyl groups is 7. The standard InChI is InChI=1S/C32H38O20/c1-45-16-3-11(4-17(46-2)23(16)38)30-18(50-32-29(44)27(42)25(40)20(52-32)10-47-22(37)8-21(35)36)7-13-14(48-30)5-12(34)6-15(13)49-31-28(43)26(41)24(39)19(9-33)51-31/h3-7,19-20,24-34,38-44H,8-10H2,1-2H3,(H,35,36). The molecule has 0 aliphatic carbocycles. The maximum absolute atomic E-state index is 11.8. The molecule has 20 heteroatoms. The number of aliphatic carboxylic acids is 1. The van der Waals surface area contributed by atoms with Crippen molar-refractivity contribution in [2.75, 3.05) is 27.4 Å². The number of benzene rings is 2. The Balaban J connectivity index is 1.54. The van der Waals surface area contributed by atoms with Crippen LogP contribution in [0.1, 0.15) is 23.7 Å². The molecule has 3 heterocycles. The molecular formula is C32H38O20. The van der Waals surface area contributed by atoms with Gasteiger partial charge >= 0.3 is 11.9 Å². The molecule has 10 N–H and O–H groups in total. The Morgan fingerprint density at radius 2 is 1.33 bits per heavy atom. The van der Waals surface area contributed by atoms with Gasteiger partial charge in [-0.2, -0.15) is 0 Å². The van der Waals surface area contributed by atoms with Crippen LogP contribution >= 0.6 is 0 Å². The summed E-state index contributed by atoms with van der Waals surface area (Å²) in [5, 5.41) is 103. The molecule has 11 unspecified atom stereocenters. The molecule has 3 aliphatic heterocycles. The molecule has 286 valence electrons. The van der Waals surface area contributed by atoms with Crippen molar-refractivity contribution in [3.8, 4) is 34.5 Å². The summed E-state index contributed by atoms with van der Waals surface area (Å²) in [6.07, 6.45) is -18.5. The van der Waals surface area contributed by atoms with E-state index in [2.05, 4.69) is 0 Å². The van der Waals surface area contributed by atoms with Gasteiger partial charge in [0.05, 0.1) is 26.4 Å². The summed E-state index contributed by atoms with van der Waals surface area (Å²) >= 11 is 0. The summed E-state index contributed by atoms with van der Waals surface area (Å²) < 4.78 is 44.6. The summed E-state index contributed by atoms with van der Waals surface area (Å²) in [6.45, 7) is -1.50. The predicted molar refractivity (Wildman–Crippen MR) is 166 cm³/mol. The van der Waals surface area contributed by atoms with E-state index in [1.54, 1.807) is 0 Å². The molecule has 0 spiro atoms. The summed E-state index contributed by atoms with van der Waals surface area (Å²) in [7, 11) is 2.54. The van der Waals surface area contributed by atoms with Crippen LogP contribution in [0.2, 0.25) is 0 Å². The molecule has 0 aromatic heterocycles. The van der Waals surface area contributed by atoms with Crippen LogP contribution in [0.5, 0.6) is 34.5 Å². The Labute approximate surface area is 293 Å².